The Hall–Kier alpha value is -2.58. The normalized spacial score (nSPS) is 16.4. The molecule has 2 N–H and O–H groups in total. The maximum absolute atomic E-state index is 12.9. The van der Waals surface area contributed by atoms with Gasteiger partial charge in [0.2, 0.25) is 0 Å². The minimum atomic E-state index is -3.87. The summed E-state index contributed by atoms with van der Waals surface area (Å²) in [5.41, 5.74) is 1.28. The van der Waals surface area contributed by atoms with Crippen molar-refractivity contribution in [2.24, 2.45) is 0 Å². The van der Waals surface area contributed by atoms with Gasteiger partial charge in [0.15, 0.2) is 0 Å². The summed E-state index contributed by atoms with van der Waals surface area (Å²) in [7, 11) is -2.32. The molecule has 1 amide bonds. The number of carbonyl (C=O) groups is 1. The molecule has 0 radical (unpaired) electrons. The molecule has 0 bridgehead atoms. The third kappa shape index (κ3) is 5.07. The monoisotopic (exact) mass is 418 g/mol. The van der Waals surface area contributed by atoms with Crippen LogP contribution in [0.2, 0.25) is 0 Å². The van der Waals surface area contributed by atoms with Gasteiger partial charge in [0.1, 0.15) is 5.75 Å². The fourth-order valence-corrected chi connectivity index (χ4v) is 4.41. The number of anilines is 1. The number of ether oxygens (including phenoxy) is 2. The van der Waals surface area contributed by atoms with Gasteiger partial charge < -0.3 is 14.8 Å². The average Bonchev–Trinajstić information content (AvgIpc) is 3.25. The smallest absolute Gasteiger partial charge is 0.261 e. The van der Waals surface area contributed by atoms with Crippen LogP contribution in [-0.4, -0.2) is 40.7 Å². The second-order valence-corrected chi connectivity index (χ2v) is 8.51. The molecule has 1 heterocycles. The topological polar surface area (TPSA) is 93.7 Å². The highest BCUT2D eigenvalue weighted by Crippen LogP contribution is 2.25. The van der Waals surface area contributed by atoms with E-state index in [4.69, 9.17) is 9.47 Å². The lowest BCUT2D eigenvalue weighted by atomic mass is 10.1. The van der Waals surface area contributed by atoms with Crippen molar-refractivity contribution in [1.29, 1.82) is 0 Å². The second kappa shape index (κ2) is 9.28. The van der Waals surface area contributed by atoms with Crippen molar-refractivity contribution in [3.63, 3.8) is 0 Å². The molecule has 1 aliphatic heterocycles. The molecule has 7 nitrogen and oxygen atoms in total. The summed E-state index contributed by atoms with van der Waals surface area (Å²) in [6, 6.07) is 11.2. The van der Waals surface area contributed by atoms with Crippen LogP contribution in [0.5, 0.6) is 5.75 Å². The van der Waals surface area contributed by atoms with Crippen LogP contribution < -0.4 is 14.8 Å². The molecule has 0 unspecified atom stereocenters. The SMILES string of the molecule is CCc1cc(S(=O)(=O)Nc2ccccc2C(=O)NC[C@H]2CCCO2)ccc1OC. The van der Waals surface area contributed by atoms with Crippen molar-refractivity contribution in [2.75, 3.05) is 25.0 Å². The summed E-state index contributed by atoms with van der Waals surface area (Å²) in [5, 5.41) is 2.82. The molecule has 29 heavy (non-hydrogen) atoms. The molecule has 1 atom stereocenters. The first-order valence-electron chi connectivity index (χ1n) is 9.63. The van der Waals surface area contributed by atoms with E-state index >= 15 is 0 Å². The maximum atomic E-state index is 12.9. The number of benzene rings is 2. The zero-order valence-corrected chi connectivity index (χ0v) is 17.4. The average molecular weight is 419 g/mol. The van der Waals surface area contributed by atoms with Gasteiger partial charge in [-0.3, -0.25) is 9.52 Å². The van der Waals surface area contributed by atoms with E-state index in [0.717, 1.165) is 18.4 Å². The van der Waals surface area contributed by atoms with E-state index < -0.39 is 10.0 Å². The Morgan fingerprint density at radius 1 is 1.24 bits per heavy atom. The molecule has 2 aromatic carbocycles. The van der Waals surface area contributed by atoms with Crippen LogP contribution in [0, 0.1) is 0 Å². The van der Waals surface area contributed by atoms with Gasteiger partial charge >= 0.3 is 0 Å². The Morgan fingerprint density at radius 2 is 2.03 bits per heavy atom. The van der Waals surface area contributed by atoms with Crippen molar-refractivity contribution < 1.29 is 22.7 Å². The number of methoxy groups -OCH3 is 1. The Morgan fingerprint density at radius 3 is 2.72 bits per heavy atom. The van der Waals surface area contributed by atoms with Crippen molar-refractivity contribution in [1.82, 2.24) is 5.32 Å². The number of sulfonamides is 1. The van der Waals surface area contributed by atoms with E-state index in [1.807, 2.05) is 6.92 Å². The number of hydrogen-bond acceptors (Lipinski definition) is 5. The number of aryl methyl sites for hydroxylation is 1. The predicted molar refractivity (Wildman–Crippen MR) is 111 cm³/mol. The number of amides is 1. The van der Waals surface area contributed by atoms with Crippen LogP contribution in [0.4, 0.5) is 5.69 Å². The largest absolute Gasteiger partial charge is 0.496 e. The van der Waals surface area contributed by atoms with E-state index in [-0.39, 0.29) is 28.2 Å². The molecule has 156 valence electrons. The standard InChI is InChI=1S/C21H26N2O5S/c1-3-15-13-17(10-11-20(15)27-2)29(25,26)23-19-9-5-4-8-18(19)21(24)22-14-16-7-6-12-28-16/h4-5,8-11,13,16,23H,3,6-7,12,14H2,1-2H3,(H,22,24)/t16-/m1/s1. The lowest BCUT2D eigenvalue weighted by molar-refractivity contribution is 0.0858. The zero-order valence-electron chi connectivity index (χ0n) is 16.6. The van der Waals surface area contributed by atoms with Crippen molar-refractivity contribution in [3.05, 3.63) is 53.6 Å². The van der Waals surface area contributed by atoms with Gasteiger partial charge in [0, 0.05) is 13.2 Å². The molecule has 8 heteroatoms. The molecular weight excluding hydrogens is 392 g/mol. The summed E-state index contributed by atoms with van der Waals surface area (Å²) < 4.78 is 39.1. The number of hydrogen-bond donors (Lipinski definition) is 2. The Balaban J connectivity index is 1.79. The van der Waals surface area contributed by atoms with Gasteiger partial charge in [0.05, 0.1) is 29.4 Å². The summed E-state index contributed by atoms with van der Waals surface area (Å²) in [6.45, 7) is 3.03. The number of para-hydroxylation sites is 1. The lowest BCUT2D eigenvalue weighted by Gasteiger charge is -2.15. The molecule has 0 aromatic heterocycles. The highest BCUT2D eigenvalue weighted by atomic mass is 32.2. The summed E-state index contributed by atoms with van der Waals surface area (Å²) in [5.74, 6) is 0.295. The molecule has 3 rings (SSSR count). The fourth-order valence-electron chi connectivity index (χ4n) is 3.28. The molecule has 1 fully saturated rings. The summed E-state index contributed by atoms with van der Waals surface area (Å²) in [4.78, 5) is 12.7. The van der Waals surface area contributed by atoms with Gasteiger partial charge in [-0.25, -0.2) is 8.42 Å². The van der Waals surface area contributed by atoms with Gasteiger partial charge in [-0.1, -0.05) is 19.1 Å². The van der Waals surface area contributed by atoms with Crippen molar-refractivity contribution in [2.45, 2.75) is 37.2 Å². The van der Waals surface area contributed by atoms with E-state index in [1.54, 1.807) is 43.5 Å². The summed E-state index contributed by atoms with van der Waals surface area (Å²) >= 11 is 0. The van der Waals surface area contributed by atoms with Crippen molar-refractivity contribution in [3.8, 4) is 5.75 Å². The van der Waals surface area contributed by atoms with Crippen LogP contribution in [0.3, 0.4) is 0 Å². The lowest BCUT2D eigenvalue weighted by Crippen LogP contribution is -2.32. The molecule has 1 saturated heterocycles. The Kier molecular flexibility index (Phi) is 6.76. The first kappa shape index (κ1) is 21.1. The van der Waals surface area contributed by atoms with E-state index in [1.165, 1.54) is 6.07 Å². The van der Waals surface area contributed by atoms with E-state index in [0.29, 0.717) is 25.3 Å². The van der Waals surface area contributed by atoms with Gasteiger partial charge in [-0.15, -0.1) is 0 Å². The van der Waals surface area contributed by atoms with Crippen molar-refractivity contribution >= 4 is 21.6 Å². The first-order valence-corrected chi connectivity index (χ1v) is 11.1. The first-order chi connectivity index (χ1) is 13.9. The van der Waals surface area contributed by atoms with E-state index in [2.05, 4.69) is 10.0 Å². The predicted octanol–water partition coefficient (Wildman–Crippen LogP) is 2.97. The van der Waals surface area contributed by atoms with Gasteiger partial charge in [-0.2, -0.15) is 0 Å². The maximum Gasteiger partial charge on any atom is 0.261 e. The molecule has 0 saturated carbocycles. The van der Waals surface area contributed by atoms with Crippen LogP contribution >= 0.6 is 0 Å². The zero-order chi connectivity index (χ0) is 20.9. The molecule has 0 spiro atoms. The van der Waals surface area contributed by atoms with Crippen LogP contribution in [0.25, 0.3) is 0 Å². The van der Waals surface area contributed by atoms with Gasteiger partial charge in [-0.05, 0) is 55.2 Å². The van der Waals surface area contributed by atoms with Crippen LogP contribution in [0.1, 0.15) is 35.7 Å². The Labute approximate surface area is 171 Å². The minimum absolute atomic E-state index is 0.00886. The quantitative estimate of drug-likeness (QED) is 0.687. The highest BCUT2D eigenvalue weighted by molar-refractivity contribution is 7.92. The molecule has 2 aromatic rings. The highest BCUT2D eigenvalue weighted by Gasteiger charge is 2.21. The number of carbonyl (C=O) groups excluding carboxylic acids is 1. The number of nitrogens with one attached hydrogen (secondary N) is 2. The molecule has 0 aliphatic carbocycles. The third-order valence-corrected chi connectivity index (χ3v) is 6.24. The third-order valence-electron chi connectivity index (χ3n) is 4.87. The van der Waals surface area contributed by atoms with E-state index in [9.17, 15) is 13.2 Å². The molecular formula is C21H26N2O5S. The Bertz CT molecular complexity index is 969. The van der Waals surface area contributed by atoms with Crippen LogP contribution in [0.15, 0.2) is 47.4 Å². The fraction of sp³-hybridized carbons (Fsp3) is 0.381. The summed E-state index contributed by atoms with van der Waals surface area (Å²) in [6.07, 6.45) is 2.54. The second-order valence-electron chi connectivity index (χ2n) is 6.82. The minimum Gasteiger partial charge on any atom is -0.496 e. The van der Waals surface area contributed by atoms with Gasteiger partial charge in [0.25, 0.3) is 15.9 Å². The molecule has 1 aliphatic rings. The number of rotatable bonds is 8. The van der Waals surface area contributed by atoms with Crippen LogP contribution in [-0.2, 0) is 21.2 Å².